The highest BCUT2D eigenvalue weighted by molar-refractivity contribution is 5.67. The fraction of sp³-hybridized carbons (Fsp3) is 0.562. The van der Waals surface area contributed by atoms with Crippen LogP contribution in [0.4, 0.5) is 0 Å². The number of aliphatic carboxylic acids is 1. The van der Waals surface area contributed by atoms with E-state index in [2.05, 4.69) is 5.32 Å². The Bertz CT molecular complexity index is 499. The Morgan fingerprint density at radius 1 is 1.29 bits per heavy atom. The minimum absolute atomic E-state index is 0.0867. The summed E-state index contributed by atoms with van der Waals surface area (Å²) in [5, 5.41) is 22.7. The first-order valence-electron chi connectivity index (χ1n) is 7.07. The normalized spacial score (nSPS) is 14.0. The zero-order valence-electron chi connectivity index (χ0n) is 13.3. The van der Waals surface area contributed by atoms with Crippen LogP contribution < -0.4 is 10.1 Å². The molecule has 0 heterocycles. The van der Waals surface area contributed by atoms with Crippen LogP contribution in [0.2, 0.25) is 0 Å². The zero-order valence-corrected chi connectivity index (χ0v) is 13.3. The number of methoxy groups -OCH3 is 1. The highest BCUT2D eigenvalue weighted by atomic mass is 16.5. The summed E-state index contributed by atoms with van der Waals surface area (Å²) in [5.41, 5.74) is 2.52. The molecule has 118 valence electrons. The third-order valence-electron chi connectivity index (χ3n) is 3.43. The van der Waals surface area contributed by atoms with Gasteiger partial charge in [0.25, 0.3) is 0 Å². The molecule has 0 spiro atoms. The maximum absolute atomic E-state index is 11.0. The molecule has 5 nitrogen and oxygen atoms in total. The van der Waals surface area contributed by atoms with Gasteiger partial charge in [0, 0.05) is 12.1 Å². The molecular weight excluding hydrogens is 270 g/mol. The van der Waals surface area contributed by atoms with E-state index in [4.69, 9.17) is 9.84 Å². The van der Waals surface area contributed by atoms with Gasteiger partial charge in [-0.2, -0.15) is 0 Å². The minimum atomic E-state index is -0.935. The van der Waals surface area contributed by atoms with E-state index in [9.17, 15) is 9.90 Å². The van der Waals surface area contributed by atoms with E-state index in [1.54, 1.807) is 7.11 Å². The van der Waals surface area contributed by atoms with Gasteiger partial charge < -0.3 is 20.3 Å². The molecule has 0 radical (unpaired) electrons. The maximum atomic E-state index is 11.0. The van der Waals surface area contributed by atoms with Gasteiger partial charge in [-0.25, -0.2) is 0 Å². The Morgan fingerprint density at radius 2 is 1.90 bits per heavy atom. The van der Waals surface area contributed by atoms with E-state index in [0.29, 0.717) is 0 Å². The van der Waals surface area contributed by atoms with Gasteiger partial charge >= 0.3 is 5.97 Å². The highest BCUT2D eigenvalue weighted by Gasteiger charge is 2.25. The summed E-state index contributed by atoms with van der Waals surface area (Å²) in [4.78, 5) is 11.0. The largest absolute Gasteiger partial charge is 0.496 e. The average Bonchev–Trinajstić information content (AvgIpc) is 2.38. The molecule has 0 aliphatic heterocycles. The quantitative estimate of drug-likeness (QED) is 0.718. The van der Waals surface area contributed by atoms with Crippen LogP contribution in [0, 0.1) is 13.8 Å². The van der Waals surface area contributed by atoms with Gasteiger partial charge in [0.05, 0.1) is 19.6 Å². The maximum Gasteiger partial charge on any atom is 0.305 e. The Labute approximate surface area is 125 Å². The molecule has 0 aromatic heterocycles. The van der Waals surface area contributed by atoms with Gasteiger partial charge in [-0.3, -0.25) is 4.79 Å². The predicted molar refractivity (Wildman–Crippen MR) is 81.7 cm³/mol. The van der Waals surface area contributed by atoms with Gasteiger partial charge in [0.2, 0.25) is 0 Å². The van der Waals surface area contributed by atoms with E-state index in [1.807, 2.05) is 39.8 Å². The molecule has 2 unspecified atom stereocenters. The number of carboxylic acid groups (broad SMARTS) is 1. The molecule has 0 bridgehead atoms. The number of aryl methyl sites for hydroxylation is 2. The molecule has 0 fully saturated rings. The molecular formula is C16H25NO4. The van der Waals surface area contributed by atoms with Crippen LogP contribution in [0.15, 0.2) is 12.1 Å². The third-order valence-corrected chi connectivity index (χ3v) is 3.43. The smallest absolute Gasteiger partial charge is 0.305 e. The Kier molecular flexibility index (Phi) is 6.18. The summed E-state index contributed by atoms with van der Waals surface area (Å²) in [5.74, 6) is -0.176. The minimum Gasteiger partial charge on any atom is -0.496 e. The van der Waals surface area contributed by atoms with E-state index in [1.165, 1.54) is 0 Å². The number of carboxylic acids is 1. The van der Waals surface area contributed by atoms with Crippen molar-refractivity contribution in [2.75, 3.05) is 7.11 Å². The first-order valence-corrected chi connectivity index (χ1v) is 7.07. The molecule has 0 aliphatic carbocycles. The van der Waals surface area contributed by atoms with Crippen LogP contribution in [0.1, 0.15) is 43.1 Å². The molecule has 5 heteroatoms. The number of ether oxygens (including phenoxy) is 1. The lowest BCUT2D eigenvalue weighted by molar-refractivity contribution is -0.138. The first kappa shape index (κ1) is 17.5. The molecule has 0 amide bonds. The Hall–Kier alpha value is -1.59. The summed E-state index contributed by atoms with van der Waals surface area (Å²) in [6.07, 6.45) is -1.02. The Balaban J connectivity index is 3.10. The molecule has 3 N–H and O–H groups in total. The number of nitrogens with one attached hydrogen (secondary N) is 1. The summed E-state index contributed by atoms with van der Waals surface area (Å²) in [6, 6.07) is 3.27. The van der Waals surface area contributed by atoms with Crippen molar-refractivity contribution in [3.05, 3.63) is 28.8 Å². The second-order valence-corrected chi connectivity index (χ2v) is 5.65. The second kappa shape index (κ2) is 7.43. The predicted octanol–water partition coefficient (Wildman–Crippen LogP) is 2.19. The number of hydrogen-bond donors (Lipinski definition) is 3. The molecule has 21 heavy (non-hydrogen) atoms. The van der Waals surface area contributed by atoms with Crippen molar-refractivity contribution in [2.24, 2.45) is 0 Å². The van der Waals surface area contributed by atoms with Crippen molar-refractivity contribution >= 4 is 5.97 Å². The van der Waals surface area contributed by atoms with E-state index in [-0.39, 0.29) is 12.5 Å². The van der Waals surface area contributed by atoms with E-state index >= 15 is 0 Å². The van der Waals surface area contributed by atoms with Crippen LogP contribution in [0.5, 0.6) is 5.75 Å². The van der Waals surface area contributed by atoms with Gasteiger partial charge in [0.1, 0.15) is 5.75 Å². The highest BCUT2D eigenvalue weighted by Crippen LogP contribution is 2.29. The number of aliphatic hydroxyl groups is 1. The number of benzene rings is 1. The molecule has 1 rings (SSSR count). The summed E-state index contributed by atoms with van der Waals surface area (Å²) in [7, 11) is 1.60. The summed E-state index contributed by atoms with van der Waals surface area (Å²) in [6.45, 7) is 7.63. The lowest BCUT2D eigenvalue weighted by atomic mass is 9.93. The number of aliphatic hydroxyl groups excluding tert-OH is 1. The van der Waals surface area contributed by atoms with Crippen molar-refractivity contribution < 1.29 is 19.7 Å². The zero-order chi connectivity index (χ0) is 16.2. The van der Waals surface area contributed by atoms with Gasteiger partial charge in [-0.15, -0.1) is 0 Å². The van der Waals surface area contributed by atoms with Crippen LogP contribution in [-0.4, -0.2) is 35.4 Å². The SMILES string of the molecule is COc1cc(C)c(C(O)C(CC(=O)O)NC(C)C)cc1C. The number of carbonyl (C=O) groups is 1. The van der Waals surface area contributed by atoms with Crippen molar-refractivity contribution in [1.82, 2.24) is 5.32 Å². The fourth-order valence-corrected chi connectivity index (χ4v) is 2.45. The van der Waals surface area contributed by atoms with Crippen LogP contribution in [0.3, 0.4) is 0 Å². The van der Waals surface area contributed by atoms with Gasteiger partial charge in [0.15, 0.2) is 0 Å². The molecule has 2 atom stereocenters. The average molecular weight is 295 g/mol. The van der Waals surface area contributed by atoms with E-state index in [0.717, 1.165) is 22.4 Å². The monoisotopic (exact) mass is 295 g/mol. The lowest BCUT2D eigenvalue weighted by Gasteiger charge is -2.27. The van der Waals surface area contributed by atoms with Gasteiger partial charge in [-0.05, 0) is 42.7 Å². The summed E-state index contributed by atoms with van der Waals surface area (Å²) < 4.78 is 5.26. The molecule has 0 saturated heterocycles. The second-order valence-electron chi connectivity index (χ2n) is 5.65. The number of hydrogen-bond acceptors (Lipinski definition) is 4. The van der Waals surface area contributed by atoms with Crippen LogP contribution in [-0.2, 0) is 4.79 Å². The van der Waals surface area contributed by atoms with Crippen LogP contribution >= 0.6 is 0 Å². The third kappa shape index (κ3) is 4.72. The molecule has 1 aromatic carbocycles. The Morgan fingerprint density at radius 3 is 2.38 bits per heavy atom. The lowest BCUT2D eigenvalue weighted by Crippen LogP contribution is -2.41. The number of rotatable bonds is 7. The topological polar surface area (TPSA) is 78.8 Å². The van der Waals surface area contributed by atoms with Gasteiger partial charge in [-0.1, -0.05) is 13.8 Å². The first-order chi connectivity index (χ1) is 9.76. The molecule has 1 aromatic rings. The molecule has 0 aliphatic rings. The van der Waals surface area contributed by atoms with E-state index < -0.39 is 18.1 Å². The standard InChI is InChI=1S/C16H25NO4/c1-9(2)17-13(8-15(18)19)16(20)12-6-11(4)14(21-5)7-10(12)3/h6-7,9,13,16-17,20H,8H2,1-5H3,(H,18,19). The van der Waals surface area contributed by atoms with Crippen molar-refractivity contribution in [3.8, 4) is 5.75 Å². The molecule has 0 saturated carbocycles. The van der Waals surface area contributed by atoms with Crippen molar-refractivity contribution in [2.45, 2.75) is 52.3 Å². The fourth-order valence-electron chi connectivity index (χ4n) is 2.45. The summed E-state index contributed by atoms with van der Waals surface area (Å²) >= 11 is 0. The van der Waals surface area contributed by atoms with Crippen molar-refractivity contribution in [1.29, 1.82) is 0 Å². The van der Waals surface area contributed by atoms with Crippen molar-refractivity contribution in [3.63, 3.8) is 0 Å². The van der Waals surface area contributed by atoms with Crippen LogP contribution in [0.25, 0.3) is 0 Å².